The van der Waals surface area contributed by atoms with Crippen molar-refractivity contribution in [1.29, 1.82) is 0 Å². The van der Waals surface area contributed by atoms with Gasteiger partial charge in [0.2, 0.25) is 5.91 Å². The Hall–Kier alpha value is -3.94. The molecule has 1 saturated carbocycles. The number of ether oxygens (including phenoxy) is 1. The van der Waals surface area contributed by atoms with Gasteiger partial charge in [0, 0.05) is 37.5 Å². The molecule has 1 aliphatic carbocycles. The zero-order chi connectivity index (χ0) is 23.9. The fraction of sp³-hybridized carbons (Fsp3) is 0.333. The maximum atomic E-state index is 11.3. The van der Waals surface area contributed by atoms with Crippen molar-refractivity contribution >= 4 is 22.8 Å². The summed E-state index contributed by atoms with van der Waals surface area (Å²) in [6.07, 6.45) is 9.27. The van der Waals surface area contributed by atoms with Gasteiger partial charge in [-0.25, -0.2) is 9.97 Å². The van der Waals surface area contributed by atoms with Crippen LogP contribution < -0.4 is 15.8 Å². The molecule has 0 radical (unpaired) electrons. The zero-order valence-electron chi connectivity index (χ0n) is 19.6. The van der Waals surface area contributed by atoms with E-state index < -0.39 is 0 Å². The largest absolute Gasteiger partial charge is 0.484 e. The lowest BCUT2D eigenvalue weighted by Crippen LogP contribution is -2.36. The molecule has 0 spiro atoms. The number of nitrogens with two attached hydrogens (primary N) is 1. The molecule has 1 aliphatic heterocycles. The van der Waals surface area contributed by atoms with Crippen molar-refractivity contribution in [3.8, 4) is 16.9 Å². The SMILES string of the molecule is CC(=O)NC[C@H]1C[C@@H](n2cc(-c3ccc4c(c3)OC(c3ccccn3)CC4)c3c(N)ncnc32)C1. The second-order valence-electron chi connectivity index (χ2n) is 9.56. The average Bonchev–Trinajstić information content (AvgIpc) is 3.23. The van der Waals surface area contributed by atoms with Crippen LogP contribution in [0.4, 0.5) is 5.82 Å². The van der Waals surface area contributed by atoms with E-state index in [1.807, 2.05) is 24.4 Å². The summed E-state index contributed by atoms with van der Waals surface area (Å²) in [6, 6.07) is 12.6. The number of amides is 1. The number of carbonyl (C=O) groups excluding carboxylic acids is 1. The molecule has 1 aromatic carbocycles. The average molecular weight is 469 g/mol. The van der Waals surface area contributed by atoms with E-state index in [0.717, 1.165) is 59.3 Å². The molecule has 6 rings (SSSR count). The number of aryl methyl sites for hydroxylation is 1. The summed E-state index contributed by atoms with van der Waals surface area (Å²) in [5.74, 6) is 1.86. The van der Waals surface area contributed by atoms with Crippen molar-refractivity contribution in [3.63, 3.8) is 0 Å². The number of benzene rings is 1. The number of fused-ring (bicyclic) bond motifs is 2. The van der Waals surface area contributed by atoms with Crippen molar-refractivity contribution in [2.45, 2.75) is 44.8 Å². The predicted octanol–water partition coefficient (Wildman–Crippen LogP) is 4.23. The standard InChI is InChI=1S/C27H28N6O2/c1-16(34)30-13-17-10-20(11-17)33-14-21(25-26(28)31-15-32-27(25)33)19-6-5-18-7-8-23(35-24(18)12-19)22-4-2-3-9-29-22/h2-6,9,12,14-15,17,20,23H,7-8,10-11,13H2,1H3,(H,30,34)(H2,28,31,32)/t17-,20+,23?. The number of hydrogen-bond donors (Lipinski definition) is 2. The molecule has 3 N–H and O–H groups in total. The van der Waals surface area contributed by atoms with Crippen LogP contribution in [0.5, 0.6) is 5.75 Å². The molecule has 1 atom stereocenters. The van der Waals surface area contributed by atoms with Gasteiger partial charge in [0.1, 0.15) is 29.6 Å². The number of pyridine rings is 1. The van der Waals surface area contributed by atoms with Crippen LogP contribution in [0.1, 0.15) is 49.6 Å². The quantitative estimate of drug-likeness (QED) is 0.454. The van der Waals surface area contributed by atoms with Crippen LogP contribution >= 0.6 is 0 Å². The molecule has 0 saturated heterocycles. The van der Waals surface area contributed by atoms with Crippen LogP contribution in [0.15, 0.2) is 55.1 Å². The Kier molecular flexibility index (Phi) is 5.36. The molecule has 35 heavy (non-hydrogen) atoms. The molecule has 1 fully saturated rings. The van der Waals surface area contributed by atoms with E-state index in [-0.39, 0.29) is 12.0 Å². The van der Waals surface area contributed by atoms with Crippen LogP contribution in [0.2, 0.25) is 0 Å². The van der Waals surface area contributed by atoms with Gasteiger partial charge in [-0.1, -0.05) is 18.2 Å². The summed E-state index contributed by atoms with van der Waals surface area (Å²) in [6.45, 7) is 2.27. The van der Waals surface area contributed by atoms with Gasteiger partial charge in [0.05, 0.1) is 11.1 Å². The Labute approximate surface area is 203 Å². The molecule has 8 heteroatoms. The third kappa shape index (κ3) is 3.99. The summed E-state index contributed by atoms with van der Waals surface area (Å²) in [5.41, 5.74) is 11.4. The molecular formula is C27H28N6O2. The number of rotatable bonds is 5. The smallest absolute Gasteiger partial charge is 0.216 e. The highest BCUT2D eigenvalue weighted by Crippen LogP contribution is 2.44. The Balaban J connectivity index is 1.32. The summed E-state index contributed by atoms with van der Waals surface area (Å²) in [7, 11) is 0. The highest BCUT2D eigenvalue weighted by molar-refractivity contribution is 6.00. The van der Waals surface area contributed by atoms with Crippen molar-refractivity contribution in [1.82, 2.24) is 24.8 Å². The van der Waals surface area contributed by atoms with Gasteiger partial charge >= 0.3 is 0 Å². The van der Waals surface area contributed by atoms with Crippen LogP contribution in [0.25, 0.3) is 22.2 Å². The molecule has 1 unspecified atom stereocenters. The van der Waals surface area contributed by atoms with Crippen molar-refractivity contribution in [3.05, 3.63) is 66.4 Å². The fourth-order valence-corrected chi connectivity index (χ4v) is 5.30. The van der Waals surface area contributed by atoms with Crippen LogP contribution in [-0.4, -0.2) is 32.0 Å². The number of carbonyl (C=O) groups is 1. The minimum atomic E-state index is -0.0517. The van der Waals surface area contributed by atoms with E-state index in [4.69, 9.17) is 10.5 Å². The number of nitrogen functional groups attached to an aromatic ring is 1. The summed E-state index contributed by atoms with van der Waals surface area (Å²) < 4.78 is 8.63. The monoisotopic (exact) mass is 468 g/mol. The highest BCUT2D eigenvalue weighted by Gasteiger charge is 2.32. The Bertz CT molecular complexity index is 1390. The fourth-order valence-electron chi connectivity index (χ4n) is 5.30. The van der Waals surface area contributed by atoms with E-state index in [9.17, 15) is 4.79 Å². The molecule has 0 bridgehead atoms. The first-order valence-electron chi connectivity index (χ1n) is 12.1. The molecule has 3 aromatic heterocycles. The molecule has 4 heterocycles. The first kappa shape index (κ1) is 21.6. The van der Waals surface area contributed by atoms with Crippen LogP contribution in [-0.2, 0) is 11.2 Å². The van der Waals surface area contributed by atoms with E-state index in [1.165, 1.54) is 11.9 Å². The predicted molar refractivity (Wildman–Crippen MR) is 134 cm³/mol. The third-order valence-corrected chi connectivity index (χ3v) is 7.22. The zero-order valence-corrected chi connectivity index (χ0v) is 19.6. The van der Waals surface area contributed by atoms with Gasteiger partial charge in [-0.2, -0.15) is 0 Å². The van der Waals surface area contributed by atoms with Crippen molar-refractivity contribution in [2.24, 2.45) is 5.92 Å². The molecule has 178 valence electrons. The highest BCUT2D eigenvalue weighted by atomic mass is 16.5. The lowest BCUT2D eigenvalue weighted by Gasteiger charge is -2.36. The van der Waals surface area contributed by atoms with Crippen LogP contribution in [0, 0.1) is 5.92 Å². The summed E-state index contributed by atoms with van der Waals surface area (Å²) in [4.78, 5) is 24.6. The number of nitrogens with zero attached hydrogens (tertiary/aromatic N) is 4. The first-order valence-corrected chi connectivity index (χ1v) is 12.1. The molecule has 8 nitrogen and oxygen atoms in total. The molecule has 4 aromatic rings. The number of nitrogens with one attached hydrogen (secondary N) is 1. The van der Waals surface area contributed by atoms with Gasteiger partial charge in [-0.05, 0) is 60.9 Å². The van der Waals surface area contributed by atoms with Crippen molar-refractivity contribution in [2.75, 3.05) is 12.3 Å². The van der Waals surface area contributed by atoms with Gasteiger partial charge in [-0.15, -0.1) is 0 Å². The first-order chi connectivity index (χ1) is 17.1. The second kappa shape index (κ2) is 8.69. The number of hydrogen-bond acceptors (Lipinski definition) is 6. The molecular weight excluding hydrogens is 440 g/mol. The van der Waals surface area contributed by atoms with E-state index in [2.05, 4.69) is 49.2 Å². The van der Waals surface area contributed by atoms with Crippen molar-refractivity contribution < 1.29 is 9.53 Å². The number of aromatic nitrogens is 4. The second-order valence-corrected chi connectivity index (χ2v) is 9.56. The van der Waals surface area contributed by atoms with E-state index >= 15 is 0 Å². The van der Waals surface area contributed by atoms with Gasteiger partial charge in [0.15, 0.2) is 0 Å². The Morgan fingerprint density at radius 1 is 1.20 bits per heavy atom. The maximum absolute atomic E-state index is 11.3. The normalized spacial score (nSPS) is 21.1. The van der Waals surface area contributed by atoms with Crippen LogP contribution in [0.3, 0.4) is 0 Å². The topological polar surface area (TPSA) is 108 Å². The molecule has 1 amide bonds. The summed E-state index contributed by atoms with van der Waals surface area (Å²) in [5, 5.41) is 3.80. The molecule has 2 aliphatic rings. The Morgan fingerprint density at radius 2 is 2.09 bits per heavy atom. The third-order valence-electron chi connectivity index (χ3n) is 7.22. The van der Waals surface area contributed by atoms with Gasteiger partial charge in [0.25, 0.3) is 0 Å². The summed E-state index contributed by atoms with van der Waals surface area (Å²) >= 11 is 0. The lowest BCUT2D eigenvalue weighted by atomic mass is 9.80. The van der Waals surface area contributed by atoms with E-state index in [1.54, 1.807) is 6.92 Å². The van der Waals surface area contributed by atoms with E-state index in [0.29, 0.717) is 24.3 Å². The Morgan fingerprint density at radius 3 is 2.89 bits per heavy atom. The minimum Gasteiger partial charge on any atom is -0.484 e. The van der Waals surface area contributed by atoms with Gasteiger partial charge < -0.3 is 20.4 Å². The number of anilines is 1. The minimum absolute atomic E-state index is 0.0163. The van der Waals surface area contributed by atoms with Gasteiger partial charge in [-0.3, -0.25) is 9.78 Å². The lowest BCUT2D eigenvalue weighted by molar-refractivity contribution is -0.119. The maximum Gasteiger partial charge on any atom is 0.216 e.